The molecule has 1 aliphatic rings. The fourth-order valence-corrected chi connectivity index (χ4v) is 2.35. The molecule has 0 aliphatic carbocycles. The Balaban J connectivity index is 2.31. The molecule has 0 bridgehead atoms. The van der Waals surface area contributed by atoms with E-state index in [0.717, 1.165) is 36.1 Å². The maximum absolute atomic E-state index is 7.62. The third kappa shape index (κ3) is 2.40. The minimum absolute atomic E-state index is 0.104. The Kier molecular flexibility index (Phi) is 3.31. The third-order valence-corrected chi connectivity index (χ3v) is 3.47. The summed E-state index contributed by atoms with van der Waals surface area (Å²) in [4.78, 5) is 6.81. The maximum atomic E-state index is 7.62. The number of nitrogens with zero attached hydrogens (tertiary/aromatic N) is 2. The molecular weight excluding hydrogens is 212 g/mol. The first-order valence-electron chi connectivity index (χ1n) is 6.18. The van der Waals surface area contributed by atoms with Gasteiger partial charge in [-0.15, -0.1) is 0 Å². The Hall–Kier alpha value is -1.58. The van der Waals surface area contributed by atoms with Crippen molar-refractivity contribution < 1.29 is 0 Å². The van der Waals surface area contributed by atoms with Gasteiger partial charge >= 0.3 is 0 Å². The first kappa shape index (κ1) is 11.9. The highest BCUT2D eigenvalue weighted by atomic mass is 15.2. The van der Waals surface area contributed by atoms with Crippen molar-refractivity contribution in [1.82, 2.24) is 4.98 Å². The lowest BCUT2D eigenvalue weighted by atomic mass is 10.1. The largest absolute Gasteiger partial charge is 0.384 e. The van der Waals surface area contributed by atoms with Crippen molar-refractivity contribution in [2.45, 2.75) is 26.7 Å². The Bertz CT molecular complexity index is 427. The quantitative estimate of drug-likeness (QED) is 0.618. The van der Waals surface area contributed by atoms with Crippen LogP contribution < -0.4 is 10.6 Å². The Labute approximate surface area is 102 Å². The average Bonchev–Trinajstić information content (AvgIpc) is 2.76. The molecule has 1 aromatic rings. The third-order valence-electron chi connectivity index (χ3n) is 3.47. The smallest absolute Gasteiger partial charge is 0.139 e. The molecule has 0 saturated carbocycles. The second-order valence-electron chi connectivity index (χ2n) is 4.75. The summed E-state index contributed by atoms with van der Waals surface area (Å²) in [5.41, 5.74) is 7.35. The highest BCUT2D eigenvalue weighted by Gasteiger charge is 2.24. The van der Waals surface area contributed by atoms with E-state index in [-0.39, 0.29) is 5.84 Å². The van der Waals surface area contributed by atoms with Crippen LogP contribution in [0.5, 0.6) is 0 Å². The van der Waals surface area contributed by atoms with Gasteiger partial charge in [0.25, 0.3) is 0 Å². The van der Waals surface area contributed by atoms with Gasteiger partial charge in [0.15, 0.2) is 0 Å². The van der Waals surface area contributed by atoms with Gasteiger partial charge in [-0.1, -0.05) is 13.3 Å². The number of aromatic nitrogens is 1. The zero-order valence-corrected chi connectivity index (χ0v) is 10.5. The first-order valence-corrected chi connectivity index (χ1v) is 6.18. The lowest BCUT2D eigenvalue weighted by Crippen LogP contribution is -2.25. The molecule has 1 fully saturated rings. The average molecular weight is 232 g/mol. The molecule has 1 aliphatic heterocycles. The molecule has 0 spiro atoms. The zero-order chi connectivity index (χ0) is 12.4. The predicted octanol–water partition coefficient (Wildman–Crippen LogP) is 1.91. The van der Waals surface area contributed by atoms with Gasteiger partial charge in [0.2, 0.25) is 0 Å². The normalized spacial score (nSPS) is 19.6. The van der Waals surface area contributed by atoms with Gasteiger partial charge in [0.1, 0.15) is 11.7 Å². The minimum atomic E-state index is 0.104. The van der Waals surface area contributed by atoms with Gasteiger partial charge in [-0.25, -0.2) is 4.98 Å². The van der Waals surface area contributed by atoms with Crippen molar-refractivity contribution in [2.24, 2.45) is 11.7 Å². The van der Waals surface area contributed by atoms with Crippen molar-refractivity contribution >= 4 is 11.7 Å². The number of nitrogens with two attached hydrogens (primary N) is 1. The summed E-state index contributed by atoms with van der Waals surface area (Å²) < 4.78 is 0. The molecule has 2 heterocycles. The van der Waals surface area contributed by atoms with Crippen molar-refractivity contribution in [1.29, 1.82) is 5.41 Å². The molecule has 0 amide bonds. The highest BCUT2D eigenvalue weighted by molar-refractivity contribution is 5.99. The van der Waals surface area contributed by atoms with Crippen molar-refractivity contribution in [3.63, 3.8) is 0 Å². The molecule has 4 nitrogen and oxygen atoms in total. The van der Waals surface area contributed by atoms with E-state index in [1.54, 1.807) is 0 Å². The van der Waals surface area contributed by atoms with Gasteiger partial charge in [-0.2, -0.15) is 0 Å². The van der Waals surface area contributed by atoms with Crippen LogP contribution >= 0.6 is 0 Å². The number of hydrogen-bond acceptors (Lipinski definition) is 3. The molecule has 0 aromatic carbocycles. The fourth-order valence-electron chi connectivity index (χ4n) is 2.35. The summed E-state index contributed by atoms with van der Waals surface area (Å²) in [6, 6.07) is 3.81. The van der Waals surface area contributed by atoms with Gasteiger partial charge in [-0.05, 0) is 31.4 Å². The summed E-state index contributed by atoms with van der Waals surface area (Å²) in [5.74, 6) is 1.73. The van der Waals surface area contributed by atoms with E-state index in [9.17, 15) is 0 Å². The molecule has 92 valence electrons. The monoisotopic (exact) mass is 232 g/mol. The molecule has 1 unspecified atom stereocenters. The Morgan fingerprint density at radius 1 is 1.59 bits per heavy atom. The van der Waals surface area contributed by atoms with E-state index in [4.69, 9.17) is 11.1 Å². The van der Waals surface area contributed by atoms with Crippen LogP contribution in [0.4, 0.5) is 5.82 Å². The topological polar surface area (TPSA) is 66.0 Å². The number of aryl methyl sites for hydroxylation is 1. The van der Waals surface area contributed by atoms with E-state index < -0.39 is 0 Å². The summed E-state index contributed by atoms with van der Waals surface area (Å²) in [6.45, 7) is 6.26. The highest BCUT2D eigenvalue weighted by Crippen LogP contribution is 2.26. The molecule has 0 radical (unpaired) electrons. The van der Waals surface area contributed by atoms with Gasteiger partial charge in [-0.3, -0.25) is 5.41 Å². The molecule has 3 N–H and O–H groups in total. The number of amidine groups is 1. The Morgan fingerprint density at radius 3 is 2.94 bits per heavy atom. The number of nitrogen functional groups attached to an aromatic ring is 1. The SMILES string of the molecule is CCC1CCN(c2nc(C)ccc2C(=N)N)C1. The molecular formula is C13H20N4. The lowest BCUT2D eigenvalue weighted by molar-refractivity contribution is 0.568. The molecule has 2 rings (SSSR count). The summed E-state index contributed by atoms with van der Waals surface area (Å²) >= 11 is 0. The van der Waals surface area contributed by atoms with Gasteiger partial charge < -0.3 is 10.6 Å². The van der Waals surface area contributed by atoms with Crippen LogP contribution in [0.2, 0.25) is 0 Å². The zero-order valence-electron chi connectivity index (χ0n) is 10.5. The molecule has 1 saturated heterocycles. The Morgan fingerprint density at radius 2 is 2.35 bits per heavy atom. The summed E-state index contributed by atoms with van der Waals surface area (Å²) in [6.07, 6.45) is 2.42. The van der Waals surface area contributed by atoms with Crippen LogP contribution in [0, 0.1) is 18.3 Å². The molecule has 1 aromatic heterocycles. The van der Waals surface area contributed by atoms with Crippen LogP contribution in [0.3, 0.4) is 0 Å². The van der Waals surface area contributed by atoms with Crippen LogP contribution in [0.15, 0.2) is 12.1 Å². The van der Waals surface area contributed by atoms with E-state index in [2.05, 4.69) is 16.8 Å². The summed E-state index contributed by atoms with van der Waals surface area (Å²) in [5, 5.41) is 7.62. The molecule has 1 atom stereocenters. The maximum Gasteiger partial charge on any atom is 0.139 e. The van der Waals surface area contributed by atoms with Crippen molar-refractivity contribution in [3.05, 3.63) is 23.4 Å². The number of rotatable bonds is 3. The van der Waals surface area contributed by atoms with Crippen LogP contribution in [0.1, 0.15) is 31.0 Å². The van der Waals surface area contributed by atoms with Gasteiger partial charge in [0, 0.05) is 18.8 Å². The second-order valence-corrected chi connectivity index (χ2v) is 4.75. The second kappa shape index (κ2) is 4.73. The van der Waals surface area contributed by atoms with Crippen molar-refractivity contribution in [3.8, 4) is 0 Å². The molecule has 4 heteroatoms. The van der Waals surface area contributed by atoms with Gasteiger partial charge in [0.05, 0.1) is 5.56 Å². The number of nitrogens with one attached hydrogen (secondary N) is 1. The lowest BCUT2D eigenvalue weighted by Gasteiger charge is -2.20. The fraction of sp³-hybridized carbons (Fsp3) is 0.538. The van der Waals surface area contributed by atoms with Crippen molar-refractivity contribution in [2.75, 3.05) is 18.0 Å². The van der Waals surface area contributed by atoms with Crippen LogP contribution in [0.25, 0.3) is 0 Å². The standard InChI is InChI=1S/C13H20N4/c1-3-10-6-7-17(8-10)13-11(12(14)15)5-4-9(2)16-13/h4-5,10H,3,6-8H2,1-2H3,(H3,14,15). The van der Waals surface area contributed by atoms with Crippen LogP contribution in [-0.2, 0) is 0 Å². The van der Waals surface area contributed by atoms with E-state index in [0.29, 0.717) is 0 Å². The molecule has 17 heavy (non-hydrogen) atoms. The summed E-state index contributed by atoms with van der Waals surface area (Å²) in [7, 11) is 0. The van der Waals surface area contributed by atoms with Crippen LogP contribution in [-0.4, -0.2) is 23.9 Å². The van der Waals surface area contributed by atoms with E-state index in [1.165, 1.54) is 12.8 Å². The first-order chi connectivity index (χ1) is 8.11. The number of pyridine rings is 1. The predicted molar refractivity (Wildman–Crippen MR) is 70.6 cm³/mol. The number of anilines is 1. The number of hydrogen-bond donors (Lipinski definition) is 2. The minimum Gasteiger partial charge on any atom is -0.384 e. The van der Waals surface area contributed by atoms with E-state index in [1.807, 2.05) is 19.1 Å². The van der Waals surface area contributed by atoms with E-state index >= 15 is 0 Å².